The van der Waals surface area contributed by atoms with E-state index in [0.717, 1.165) is 5.56 Å². The topological polar surface area (TPSA) is 148 Å². The second kappa shape index (κ2) is 15.1. The molecule has 3 amide bonds. The largest absolute Gasteiger partial charge is 0.497 e. The summed E-state index contributed by atoms with van der Waals surface area (Å²) >= 11 is 0. The standard InChI is InChI=1S/C32H42N4O8/c1-21(33-28(37)19-36-12-14-43-15-13-36)30(39)35-26(17-23-10-11-24(41-3)18-27(23)42-4)31(40)34-25(29(38)32(2)20-44-32)16-22-8-6-5-7-9-22/h5-11,18,21,25-26H,12-17,19-20H2,1-4H3,(H,33,37)(H,34,40)(H,35,39)/t21-,25-,26-,32+/m0/s1. The van der Waals surface area contributed by atoms with Gasteiger partial charge >= 0.3 is 0 Å². The molecule has 3 N–H and O–H groups in total. The van der Waals surface area contributed by atoms with Crippen molar-refractivity contribution in [1.82, 2.24) is 20.9 Å². The van der Waals surface area contributed by atoms with Gasteiger partial charge in [0.05, 0.1) is 46.6 Å². The van der Waals surface area contributed by atoms with E-state index in [0.29, 0.717) is 43.4 Å². The maximum atomic E-state index is 13.9. The van der Waals surface area contributed by atoms with E-state index in [1.165, 1.54) is 14.2 Å². The fourth-order valence-electron chi connectivity index (χ4n) is 5.01. The van der Waals surface area contributed by atoms with Gasteiger partial charge in [0.15, 0.2) is 5.78 Å². The van der Waals surface area contributed by atoms with Gasteiger partial charge in [-0.25, -0.2) is 0 Å². The van der Waals surface area contributed by atoms with E-state index < -0.39 is 35.5 Å². The summed E-state index contributed by atoms with van der Waals surface area (Å²) in [6, 6.07) is 11.6. The van der Waals surface area contributed by atoms with Crippen LogP contribution in [0.1, 0.15) is 25.0 Å². The van der Waals surface area contributed by atoms with Crippen molar-refractivity contribution in [3.8, 4) is 11.5 Å². The normalized spacial score (nSPS) is 20.0. The van der Waals surface area contributed by atoms with Crippen LogP contribution in [0.3, 0.4) is 0 Å². The predicted octanol–water partition coefficient (Wildman–Crippen LogP) is 0.654. The molecule has 4 atom stereocenters. The molecule has 4 rings (SSSR count). The Hall–Kier alpha value is -4.00. The Morgan fingerprint density at radius 1 is 0.909 bits per heavy atom. The highest BCUT2D eigenvalue weighted by Crippen LogP contribution is 2.29. The first-order valence-corrected chi connectivity index (χ1v) is 14.7. The number of ketones is 1. The molecule has 238 valence electrons. The van der Waals surface area contributed by atoms with E-state index in [1.54, 1.807) is 32.0 Å². The molecule has 2 fully saturated rings. The fraction of sp³-hybridized carbons (Fsp3) is 0.500. The van der Waals surface area contributed by atoms with E-state index in [4.69, 9.17) is 18.9 Å². The Balaban J connectivity index is 1.51. The zero-order chi connectivity index (χ0) is 31.7. The maximum Gasteiger partial charge on any atom is 0.243 e. The summed E-state index contributed by atoms with van der Waals surface area (Å²) in [6.45, 7) is 6.03. The van der Waals surface area contributed by atoms with Crippen LogP contribution in [0.2, 0.25) is 0 Å². The van der Waals surface area contributed by atoms with Gasteiger partial charge in [-0.05, 0) is 37.5 Å². The number of hydrogen-bond acceptors (Lipinski definition) is 9. The first kappa shape index (κ1) is 32.9. The lowest BCUT2D eigenvalue weighted by molar-refractivity contribution is -0.134. The molecule has 12 heteroatoms. The Kier molecular flexibility index (Phi) is 11.3. The zero-order valence-electron chi connectivity index (χ0n) is 25.7. The van der Waals surface area contributed by atoms with Crippen LogP contribution < -0.4 is 25.4 Å². The molecule has 12 nitrogen and oxygen atoms in total. The smallest absolute Gasteiger partial charge is 0.243 e. The van der Waals surface area contributed by atoms with Gasteiger partial charge in [-0.2, -0.15) is 0 Å². The maximum absolute atomic E-state index is 13.9. The van der Waals surface area contributed by atoms with Crippen molar-refractivity contribution in [2.75, 3.05) is 53.7 Å². The molecule has 2 heterocycles. The van der Waals surface area contributed by atoms with Crippen LogP contribution in [0.5, 0.6) is 11.5 Å². The van der Waals surface area contributed by atoms with Crippen molar-refractivity contribution in [2.24, 2.45) is 0 Å². The van der Waals surface area contributed by atoms with Gasteiger partial charge in [-0.15, -0.1) is 0 Å². The van der Waals surface area contributed by atoms with Crippen molar-refractivity contribution in [3.05, 3.63) is 59.7 Å². The summed E-state index contributed by atoms with van der Waals surface area (Å²) in [5, 5.41) is 8.38. The second-order valence-corrected chi connectivity index (χ2v) is 11.3. The van der Waals surface area contributed by atoms with Crippen molar-refractivity contribution in [1.29, 1.82) is 0 Å². The lowest BCUT2D eigenvalue weighted by Crippen LogP contribution is -2.57. The van der Waals surface area contributed by atoms with E-state index in [9.17, 15) is 19.2 Å². The first-order valence-electron chi connectivity index (χ1n) is 14.7. The van der Waals surface area contributed by atoms with Gasteiger partial charge in [0.1, 0.15) is 29.2 Å². The number of morpholine rings is 1. The van der Waals surface area contributed by atoms with Gasteiger partial charge in [-0.1, -0.05) is 36.4 Å². The van der Waals surface area contributed by atoms with Crippen LogP contribution >= 0.6 is 0 Å². The number of ether oxygens (including phenoxy) is 4. The molecule has 0 unspecified atom stereocenters. The molecule has 0 aliphatic carbocycles. The molecule has 0 radical (unpaired) electrons. The molecule has 2 aromatic carbocycles. The summed E-state index contributed by atoms with van der Waals surface area (Å²) in [5.74, 6) is -0.611. The lowest BCUT2D eigenvalue weighted by Gasteiger charge is -2.27. The summed E-state index contributed by atoms with van der Waals surface area (Å²) in [4.78, 5) is 55.2. The number of Topliss-reactive ketones (excluding diaryl/α,β-unsaturated/α-hetero) is 1. The SMILES string of the molecule is COc1ccc(C[C@H](NC(=O)[C@H](C)NC(=O)CN2CCOCC2)C(=O)N[C@@H](Cc2ccccc2)C(=O)[C@@]2(C)CO2)c(OC)c1. The first-order chi connectivity index (χ1) is 21.1. The number of carbonyl (C=O) groups excluding carboxylic acids is 4. The van der Waals surface area contributed by atoms with E-state index in [2.05, 4.69) is 16.0 Å². The van der Waals surface area contributed by atoms with Crippen LogP contribution in [-0.2, 0) is 41.5 Å². The third kappa shape index (κ3) is 9.01. The summed E-state index contributed by atoms with van der Waals surface area (Å²) < 4.78 is 21.6. The highest BCUT2D eigenvalue weighted by Gasteiger charge is 2.50. The number of epoxide rings is 1. The number of rotatable bonds is 15. The quantitative estimate of drug-likeness (QED) is 0.247. The van der Waals surface area contributed by atoms with Crippen LogP contribution in [0.25, 0.3) is 0 Å². The average Bonchev–Trinajstić information content (AvgIpc) is 3.79. The zero-order valence-corrected chi connectivity index (χ0v) is 25.7. The monoisotopic (exact) mass is 610 g/mol. The highest BCUT2D eigenvalue weighted by atomic mass is 16.6. The van der Waals surface area contributed by atoms with Gasteiger partial charge in [0.25, 0.3) is 0 Å². The Morgan fingerprint density at radius 2 is 1.59 bits per heavy atom. The molecule has 0 spiro atoms. The Labute approximate surface area is 257 Å². The fourth-order valence-corrected chi connectivity index (χ4v) is 5.01. The van der Waals surface area contributed by atoms with Gasteiger partial charge < -0.3 is 34.9 Å². The van der Waals surface area contributed by atoms with Crippen molar-refractivity contribution in [2.45, 2.75) is 50.4 Å². The van der Waals surface area contributed by atoms with Gasteiger partial charge in [-0.3, -0.25) is 24.1 Å². The molecule has 0 bridgehead atoms. The molecule has 2 aliphatic heterocycles. The number of nitrogens with one attached hydrogen (secondary N) is 3. The summed E-state index contributed by atoms with van der Waals surface area (Å²) in [5.41, 5.74) is 0.537. The van der Waals surface area contributed by atoms with Crippen LogP contribution in [0.4, 0.5) is 0 Å². The molecule has 2 aromatic rings. The lowest BCUT2D eigenvalue weighted by atomic mass is 9.94. The van der Waals surface area contributed by atoms with Gasteiger partial charge in [0, 0.05) is 25.6 Å². The highest BCUT2D eigenvalue weighted by molar-refractivity contribution is 5.98. The third-order valence-electron chi connectivity index (χ3n) is 7.81. The number of methoxy groups -OCH3 is 2. The molecule has 2 aliphatic rings. The average molecular weight is 611 g/mol. The van der Waals surface area contributed by atoms with Crippen LogP contribution in [0.15, 0.2) is 48.5 Å². The number of amides is 3. The second-order valence-electron chi connectivity index (χ2n) is 11.3. The minimum Gasteiger partial charge on any atom is -0.497 e. The van der Waals surface area contributed by atoms with Crippen molar-refractivity contribution < 1.29 is 38.1 Å². The van der Waals surface area contributed by atoms with E-state index in [-0.39, 0.29) is 37.7 Å². The van der Waals surface area contributed by atoms with Gasteiger partial charge in [0.2, 0.25) is 17.7 Å². The molecule has 0 aromatic heterocycles. The number of nitrogens with zero attached hydrogens (tertiary/aromatic N) is 1. The van der Waals surface area contributed by atoms with Crippen LogP contribution in [-0.4, -0.2) is 106 Å². The number of carbonyl (C=O) groups is 4. The predicted molar refractivity (Wildman–Crippen MR) is 161 cm³/mol. The third-order valence-corrected chi connectivity index (χ3v) is 7.81. The molecular weight excluding hydrogens is 568 g/mol. The van der Waals surface area contributed by atoms with Crippen molar-refractivity contribution >= 4 is 23.5 Å². The Morgan fingerprint density at radius 3 is 2.23 bits per heavy atom. The van der Waals surface area contributed by atoms with E-state index >= 15 is 0 Å². The number of hydrogen-bond donors (Lipinski definition) is 3. The molecule has 0 saturated carbocycles. The van der Waals surface area contributed by atoms with Crippen molar-refractivity contribution in [3.63, 3.8) is 0 Å². The molecular formula is C32H42N4O8. The minimum absolute atomic E-state index is 0.0548. The molecule has 44 heavy (non-hydrogen) atoms. The summed E-state index contributed by atoms with van der Waals surface area (Å²) in [7, 11) is 3.04. The minimum atomic E-state index is -1.10. The molecule has 2 saturated heterocycles. The summed E-state index contributed by atoms with van der Waals surface area (Å²) in [6.07, 6.45) is 0.310. The Bertz CT molecular complexity index is 1310. The van der Waals surface area contributed by atoms with E-state index in [1.807, 2.05) is 35.2 Å². The van der Waals surface area contributed by atoms with Crippen LogP contribution in [0, 0.1) is 0 Å². The number of benzene rings is 2.